The van der Waals surface area contributed by atoms with E-state index in [1.807, 2.05) is 19.1 Å². The highest BCUT2D eigenvalue weighted by atomic mass is 35.5. The van der Waals surface area contributed by atoms with Crippen molar-refractivity contribution in [3.05, 3.63) is 57.6 Å². The first-order valence-corrected chi connectivity index (χ1v) is 6.89. The summed E-state index contributed by atoms with van der Waals surface area (Å²) in [5.41, 5.74) is 2.34. The fourth-order valence-electron chi connectivity index (χ4n) is 1.81. The first-order valence-electron chi connectivity index (χ1n) is 6.14. The number of aryl methyl sites for hydroxylation is 1. The lowest BCUT2D eigenvalue weighted by Crippen LogP contribution is -2.24. The molecule has 2 aromatic rings. The van der Waals surface area contributed by atoms with Crippen molar-refractivity contribution in [1.82, 2.24) is 15.3 Å². The van der Waals surface area contributed by atoms with Crippen molar-refractivity contribution in [1.29, 1.82) is 0 Å². The van der Waals surface area contributed by atoms with E-state index in [1.165, 1.54) is 12.1 Å². The fourth-order valence-corrected chi connectivity index (χ4v) is 2.27. The average Bonchev–Trinajstić information content (AvgIpc) is 2.44. The van der Waals surface area contributed by atoms with Crippen LogP contribution in [-0.2, 0) is 13.0 Å². The van der Waals surface area contributed by atoms with Gasteiger partial charge >= 0.3 is 0 Å². The van der Waals surface area contributed by atoms with Gasteiger partial charge in [0.2, 0.25) is 0 Å². The Hall–Kier alpha value is -1.65. The summed E-state index contributed by atoms with van der Waals surface area (Å²) in [5.74, 6) is -0.260. The minimum absolute atomic E-state index is 0.190. The summed E-state index contributed by atoms with van der Waals surface area (Å²) in [7, 11) is 0. The van der Waals surface area contributed by atoms with E-state index in [-0.39, 0.29) is 16.2 Å². The van der Waals surface area contributed by atoms with E-state index >= 15 is 0 Å². The van der Waals surface area contributed by atoms with Crippen molar-refractivity contribution in [2.24, 2.45) is 0 Å². The van der Waals surface area contributed by atoms with Crippen LogP contribution in [0.2, 0.25) is 10.3 Å². The van der Waals surface area contributed by atoms with Crippen molar-refractivity contribution >= 4 is 29.1 Å². The topological polar surface area (TPSA) is 54.9 Å². The van der Waals surface area contributed by atoms with Gasteiger partial charge in [0, 0.05) is 11.8 Å². The van der Waals surface area contributed by atoms with Crippen molar-refractivity contribution in [2.45, 2.75) is 19.9 Å². The van der Waals surface area contributed by atoms with Gasteiger partial charge in [-0.15, -0.1) is 0 Å². The predicted molar refractivity (Wildman–Crippen MR) is 79.0 cm³/mol. The van der Waals surface area contributed by atoms with Crippen molar-refractivity contribution in [2.75, 3.05) is 0 Å². The highest BCUT2D eigenvalue weighted by Gasteiger charge is 2.09. The third kappa shape index (κ3) is 3.68. The van der Waals surface area contributed by atoms with Gasteiger partial charge in [0.15, 0.2) is 0 Å². The SMILES string of the molecule is CCc1cccnc1CNC(=O)c1cc(Cl)nc(Cl)c1. The van der Waals surface area contributed by atoms with Crippen molar-refractivity contribution < 1.29 is 4.79 Å². The Balaban J connectivity index is 2.08. The number of rotatable bonds is 4. The number of hydrogen-bond acceptors (Lipinski definition) is 3. The quantitative estimate of drug-likeness (QED) is 0.882. The first kappa shape index (κ1) is 14.8. The van der Waals surface area contributed by atoms with Gasteiger partial charge in [0.25, 0.3) is 5.91 Å². The molecule has 4 nitrogen and oxygen atoms in total. The van der Waals surface area contributed by atoms with E-state index in [2.05, 4.69) is 15.3 Å². The summed E-state index contributed by atoms with van der Waals surface area (Å²) in [6, 6.07) is 6.82. The molecule has 2 heterocycles. The van der Waals surface area contributed by atoms with Crippen LogP contribution in [0.4, 0.5) is 0 Å². The van der Waals surface area contributed by atoms with Crippen LogP contribution in [0.25, 0.3) is 0 Å². The first-order chi connectivity index (χ1) is 9.60. The number of hydrogen-bond donors (Lipinski definition) is 1. The smallest absolute Gasteiger partial charge is 0.251 e. The molecule has 1 amide bonds. The normalized spacial score (nSPS) is 10.3. The zero-order valence-corrected chi connectivity index (χ0v) is 12.4. The third-order valence-corrected chi connectivity index (χ3v) is 3.19. The Bertz CT molecular complexity index is 611. The molecule has 0 aliphatic rings. The average molecular weight is 310 g/mol. The molecule has 0 aliphatic carbocycles. The summed E-state index contributed by atoms with van der Waals surface area (Å²) >= 11 is 11.5. The van der Waals surface area contributed by atoms with Gasteiger partial charge in [0.1, 0.15) is 10.3 Å². The van der Waals surface area contributed by atoms with Crippen LogP contribution in [0.3, 0.4) is 0 Å². The zero-order chi connectivity index (χ0) is 14.5. The van der Waals surface area contributed by atoms with Crippen LogP contribution in [0.1, 0.15) is 28.5 Å². The summed E-state index contributed by atoms with van der Waals surface area (Å²) in [6.07, 6.45) is 2.58. The molecule has 0 unspecified atom stereocenters. The molecular weight excluding hydrogens is 297 g/mol. The molecule has 0 aromatic carbocycles. The lowest BCUT2D eigenvalue weighted by atomic mass is 10.1. The number of carbonyl (C=O) groups is 1. The molecular formula is C14H13Cl2N3O. The molecule has 0 fully saturated rings. The van der Waals surface area contributed by atoms with Gasteiger partial charge < -0.3 is 5.32 Å². The molecule has 104 valence electrons. The van der Waals surface area contributed by atoms with Gasteiger partial charge in [0.05, 0.1) is 12.2 Å². The highest BCUT2D eigenvalue weighted by molar-refractivity contribution is 6.33. The maximum absolute atomic E-state index is 12.0. The molecule has 0 saturated heterocycles. The number of amides is 1. The summed E-state index contributed by atoms with van der Waals surface area (Å²) in [5, 5.41) is 3.18. The van der Waals surface area contributed by atoms with Gasteiger partial charge in [-0.2, -0.15) is 0 Å². The van der Waals surface area contributed by atoms with Crippen LogP contribution < -0.4 is 5.32 Å². The second kappa shape index (κ2) is 6.68. The predicted octanol–water partition coefficient (Wildman–Crippen LogP) is 3.28. The van der Waals surface area contributed by atoms with Crippen LogP contribution in [0.5, 0.6) is 0 Å². The minimum atomic E-state index is -0.260. The lowest BCUT2D eigenvalue weighted by Gasteiger charge is -2.08. The van der Waals surface area contributed by atoms with E-state index in [4.69, 9.17) is 23.2 Å². The number of aromatic nitrogens is 2. The Labute approximate surface area is 127 Å². The molecule has 0 bridgehead atoms. The molecule has 0 saturated carbocycles. The van der Waals surface area contributed by atoms with Crippen LogP contribution in [-0.4, -0.2) is 15.9 Å². The van der Waals surface area contributed by atoms with Crippen LogP contribution >= 0.6 is 23.2 Å². The van der Waals surface area contributed by atoms with E-state index in [0.717, 1.165) is 17.7 Å². The molecule has 2 aromatic heterocycles. The molecule has 2 rings (SSSR count). The molecule has 0 spiro atoms. The van der Waals surface area contributed by atoms with E-state index in [0.29, 0.717) is 12.1 Å². The second-order valence-corrected chi connectivity index (χ2v) is 4.92. The second-order valence-electron chi connectivity index (χ2n) is 4.15. The summed E-state index contributed by atoms with van der Waals surface area (Å²) in [4.78, 5) is 20.1. The largest absolute Gasteiger partial charge is 0.346 e. The molecule has 1 N–H and O–H groups in total. The van der Waals surface area contributed by atoms with Crippen molar-refractivity contribution in [3.8, 4) is 0 Å². The Morgan fingerprint density at radius 3 is 2.65 bits per heavy atom. The van der Waals surface area contributed by atoms with Crippen molar-refractivity contribution in [3.63, 3.8) is 0 Å². The standard InChI is InChI=1S/C14H13Cl2N3O/c1-2-9-4-3-5-17-11(9)8-18-14(20)10-6-12(15)19-13(16)7-10/h3-7H,2,8H2,1H3,(H,18,20). The van der Waals surface area contributed by atoms with E-state index < -0.39 is 0 Å². The monoisotopic (exact) mass is 309 g/mol. The lowest BCUT2D eigenvalue weighted by molar-refractivity contribution is 0.0950. The molecule has 0 aliphatic heterocycles. The maximum Gasteiger partial charge on any atom is 0.251 e. The molecule has 6 heteroatoms. The van der Waals surface area contributed by atoms with Crippen LogP contribution in [0.15, 0.2) is 30.5 Å². The number of halogens is 2. The Morgan fingerprint density at radius 1 is 1.30 bits per heavy atom. The number of nitrogens with one attached hydrogen (secondary N) is 1. The summed E-state index contributed by atoms with van der Waals surface area (Å²) < 4.78 is 0. The zero-order valence-electron chi connectivity index (χ0n) is 10.9. The molecule has 0 atom stereocenters. The van der Waals surface area contributed by atoms with Gasteiger partial charge in [-0.05, 0) is 30.2 Å². The van der Waals surface area contributed by atoms with Crippen LogP contribution in [0, 0.1) is 0 Å². The van der Waals surface area contributed by atoms with Gasteiger partial charge in [-0.3, -0.25) is 9.78 Å². The van der Waals surface area contributed by atoms with Gasteiger partial charge in [-0.1, -0.05) is 36.2 Å². The maximum atomic E-state index is 12.0. The van der Waals surface area contributed by atoms with E-state index in [1.54, 1.807) is 6.20 Å². The fraction of sp³-hybridized carbons (Fsp3) is 0.214. The van der Waals surface area contributed by atoms with Gasteiger partial charge in [-0.25, -0.2) is 4.98 Å². The minimum Gasteiger partial charge on any atom is -0.346 e. The molecule has 20 heavy (non-hydrogen) atoms. The number of pyridine rings is 2. The third-order valence-electron chi connectivity index (χ3n) is 2.81. The van der Waals surface area contributed by atoms with E-state index in [9.17, 15) is 4.79 Å². The number of nitrogens with zero attached hydrogens (tertiary/aromatic N) is 2. The Morgan fingerprint density at radius 2 is 2.00 bits per heavy atom. The molecule has 0 radical (unpaired) electrons. The Kier molecular flexibility index (Phi) is 4.93. The highest BCUT2D eigenvalue weighted by Crippen LogP contribution is 2.14. The number of carbonyl (C=O) groups excluding carboxylic acids is 1. The summed E-state index contributed by atoms with van der Waals surface area (Å²) in [6.45, 7) is 2.41.